The molecule has 1 aliphatic rings. The number of fused-ring (bicyclic) bond motifs is 1. The maximum atomic E-state index is 14.5. The van der Waals surface area contributed by atoms with Gasteiger partial charge in [0.25, 0.3) is 0 Å². The van der Waals surface area contributed by atoms with E-state index in [4.69, 9.17) is 0 Å². The van der Waals surface area contributed by atoms with Gasteiger partial charge in [-0.1, -0.05) is 59.7 Å². The lowest BCUT2D eigenvalue weighted by Gasteiger charge is -2.21. The summed E-state index contributed by atoms with van der Waals surface area (Å²) >= 11 is 0. The minimum absolute atomic E-state index is 0.0203. The molecule has 4 rings (SSSR count). The predicted molar refractivity (Wildman–Crippen MR) is 106 cm³/mol. The van der Waals surface area contributed by atoms with E-state index in [2.05, 4.69) is 9.47 Å². The number of rotatable bonds is 3. The van der Waals surface area contributed by atoms with Crippen LogP contribution in [0.5, 0.6) is 11.5 Å². The highest BCUT2D eigenvalue weighted by molar-refractivity contribution is 7.85. The van der Waals surface area contributed by atoms with Crippen LogP contribution < -0.4 is 25.4 Å². The Morgan fingerprint density at radius 2 is 1.25 bits per heavy atom. The van der Waals surface area contributed by atoms with E-state index in [9.17, 15) is 13.3 Å². The Kier molecular flexibility index (Phi) is 4.31. The Morgan fingerprint density at radius 3 is 1.75 bits per heavy atom. The van der Waals surface area contributed by atoms with Crippen LogP contribution in [0.1, 0.15) is 16.7 Å². The van der Waals surface area contributed by atoms with Crippen molar-refractivity contribution in [2.45, 2.75) is 27.1 Å². The SMILES string of the molecule is Cc1ccc(P(=O)(c2ccc(C)cc2)c2cc(C)c3c(c2)OC(F)(F)O3)cc1. The third-order valence-corrected chi connectivity index (χ3v) is 7.87. The second-order valence-electron chi connectivity index (χ2n) is 7.04. The molecule has 0 saturated heterocycles. The Bertz CT molecular complexity index is 1040. The molecule has 3 nitrogen and oxygen atoms in total. The van der Waals surface area contributed by atoms with Gasteiger partial charge in [0.2, 0.25) is 0 Å². The summed E-state index contributed by atoms with van der Waals surface area (Å²) in [6, 6.07) is 17.9. The molecule has 0 N–H and O–H groups in total. The molecular weight excluding hydrogens is 381 g/mol. The van der Waals surface area contributed by atoms with Gasteiger partial charge in [-0.3, -0.25) is 0 Å². The fourth-order valence-corrected chi connectivity index (χ4v) is 6.04. The molecule has 28 heavy (non-hydrogen) atoms. The van der Waals surface area contributed by atoms with Crippen molar-refractivity contribution in [2.24, 2.45) is 0 Å². The van der Waals surface area contributed by atoms with Crippen molar-refractivity contribution in [1.82, 2.24) is 0 Å². The molecule has 3 aromatic rings. The highest BCUT2D eigenvalue weighted by Crippen LogP contribution is 2.48. The number of alkyl halides is 2. The van der Waals surface area contributed by atoms with Crippen LogP contribution in [0, 0.1) is 20.8 Å². The smallest absolute Gasteiger partial charge is 0.395 e. The zero-order chi connectivity index (χ0) is 20.1. The largest absolute Gasteiger partial charge is 0.586 e. The molecule has 0 saturated carbocycles. The second kappa shape index (κ2) is 6.46. The zero-order valence-corrected chi connectivity index (χ0v) is 16.6. The molecule has 0 aromatic heterocycles. The van der Waals surface area contributed by atoms with Crippen LogP contribution in [0.4, 0.5) is 8.78 Å². The normalized spacial score (nSPS) is 14.9. The Morgan fingerprint density at radius 1 is 0.750 bits per heavy atom. The molecule has 0 unspecified atom stereocenters. The van der Waals surface area contributed by atoms with Crippen molar-refractivity contribution >= 4 is 23.1 Å². The minimum Gasteiger partial charge on any atom is -0.395 e. The van der Waals surface area contributed by atoms with Gasteiger partial charge >= 0.3 is 6.29 Å². The minimum atomic E-state index is -3.72. The number of benzene rings is 3. The Hall–Kier alpha value is -2.65. The average molecular weight is 400 g/mol. The maximum Gasteiger partial charge on any atom is 0.586 e. The van der Waals surface area contributed by atoms with Crippen LogP contribution >= 0.6 is 7.14 Å². The van der Waals surface area contributed by atoms with Gasteiger partial charge in [0.15, 0.2) is 18.6 Å². The third kappa shape index (κ3) is 3.10. The number of aryl methyl sites for hydroxylation is 3. The number of ether oxygens (including phenoxy) is 2. The van der Waals surface area contributed by atoms with E-state index in [0.29, 0.717) is 21.5 Å². The van der Waals surface area contributed by atoms with Crippen LogP contribution in [0.25, 0.3) is 0 Å². The lowest BCUT2D eigenvalue weighted by Crippen LogP contribution is -2.26. The summed E-state index contributed by atoms with van der Waals surface area (Å²) < 4.78 is 50.8. The summed E-state index contributed by atoms with van der Waals surface area (Å²) in [5.74, 6) is -0.118. The Balaban J connectivity index is 1.95. The van der Waals surface area contributed by atoms with Gasteiger partial charge in [-0.2, -0.15) is 0 Å². The van der Waals surface area contributed by atoms with E-state index in [-0.39, 0.29) is 11.5 Å². The Labute approximate surface area is 162 Å². The van der Waals surface area contributed by atoms with Gasteiger partial charge in [0.1, 0.15) is 0 Å². The lowest BCUT2D eigenvalue weighted by molar-refractivity contribution is -0.286. The van der Waals surface area contributed by atoms with Crippen molar-refractivity contribution in [3.63, 3.8) is 0 Å². The molecule has 0 fully saturated rings. The topological polar surface area (TPSA) is 35.5 Å². The van der Waals surface area contributed by atoms with Crippen LogP contribution in [0.3, 0.4) is 0 Å². The number of hydrogen-bond donors (Lipinski definition) is 0. The van der Waals surface area contributed by atoms with Crippen LogP contribution in [-0.4, -0.2) is 6.29 Å². The first-order valence-corrected chi connectivity index (χ1v) is 10.6. The van der Waals surface area contributed by atoms with Gasteiger partial charge in [0.05, 0.1) is 0 Å². The first kappa shape index (κ1) is 18.7. The highest BCUT2D eigenvalue weighted by atomic mass is 31.2. The summed E-state index contributed by atoms with van der Waals surface area (Å²) in [6.07, 6.45) is -3.72. The van der Waals surface area contributed by atoms with Gasteiger partial charge < -0.3 is 14.0 Å². The van der Waals surface area contributed by atoms with Crippen molar-refractivity contribution in [3.05, 3.63) is 77.4 Å². The molecule has 0 amide bonds. The third-order valence-electron chi connectivity index (χ3n) is 4.83. The van der Waals surface area contributed by atoms with E-state index in [1.54, 1.807) is 13.0 Å². The second-order valence-corrected chi connectivity index (χ2v) is 9.81. The van der Waals surface area contributed by atoms with Gasteiger partial charge in [0, 0.05) is 15.9 Å². The van der Waals surface area contributed by atoms with E-state index in [1.165, 1.54) is 6.07 Å². The first-order chi connectivity index (χ1) is 13.2. The molecule has 1 heterocycles. The summed E-state index contributed by atoms with van der Waals surface area (Å²) in [4.78, 5) is 0. The van der Waals surface area contributed by atoms with Crippen LogP contribution in [0.15, 0.2) is 60.7 Å². The molecule has 0 radical (unpaired) electrons. The van der Waals surface area contributed by atoms with Crippen molar-refractivity contribution in [1.29, 1.82) is 0 Å². The first-order valence-electron chi connectivity index (χ1n) is 8.85. The van der Waals surface area contributed by atoms with Gasteiger partial charge in [-0.25, -0.2) is 0 Å². The molecule has 3 aromatic carbocycles. The van der Waals surface area contributed by atoms with Crippen LogP contribution in [0.2, 0.25) is 0 Å². The van der Waals surface area contributed by atoms with E-state index < -0.39 is 13.4 Å². The summed E-state index contributed by atoms with van der Waals surface area (Å²) in [6.45, 7) is 5.54. The van der Waals surface area contributed by atoms with Gasteiger partial charge in [-0.05, 0) is 38.5 Å². The lowest BCUT2D eigenvalue weighted by atomic mass is 10.2. The summed E-state index contributed by atoms with van der Waals surface area (Å²) in [7, 11) is -3.30. The zero-order valence-electron chi connectivity index (χ0n) is 15.7. The average Bonchev–Trinajstić information content (AvgIpc) is 2.97. The summed E-state index contributed by atoms with van der Waals surface area (Å²) in [5, 5.41) is 1.69. The maximum absolute atomic E-state index is 14.5. The van der Waals surface area contributed by atoms with Crippen molar-refractivity contribution < 1.29 is 22.8 Å². The van der Waals surface area contributed by atoms with Crippen molar-refractivity contribution in [3.8, 4) is 11.5 Å². The monoisotopic (exact) mass is 400 g/mol. The van der Waals surface area contributed by atoms with Crippen molar-refractivity contribution in [2.75, 3.05) is 0 Å². The standard InChI is InChI=1S/C22H19F2O3P/c1-14-4-8-17(9-5-14)28(25,18-10-6-15(2)7-11-18)19-12-16(3)21-20(13-19)26-22(23,24)27-21/h4-13H,1-3H3. The molecule has 0 aliphatic carbocycles. The highest BCUT2D eigenvalue weighted by Gasteiger charge is 2.45. The molecule has 6 heteroatoms. The van der Waals surface area contributed by atoms with E-state index >= 15 is 0 Å². The number of hydrogen-bond acceptors (Lipinski definition) is 3. The quantitative estimate of drug-likeness (QED) is 0.604. The fraction of sp³-hybridized carbons (Fsp3) is 0.182. The molecule has 1 aliphatic heterocycles. The predicted octanol–water partition coefficient (Wildman–Crippen LogP) is 4.57. The molecule has 144 valence electrons. The van der Waals surface area contributed by atoms with Gasteiger partial charge in [-0.15, -0.1) is 8.78 Å². The number of halogens is 2. The fourth-order valence-electron chi connectivity index (χ4n) is 3.34. The van der Waals surface area contributed by atoms with Crippen LogP contribution in [-0.2, 0) is 4.57 Å². The molecule has 0 spiro atoms. The molecule has 0 atom stereocenters. The summed E-state index contributed by atoms with van der Waals surface area (Å²) in [5.41, 5.74) is 2.53. The van der Waals surface area contributed by atoms with E-state index in [0.717, 1.165) is 11.1 Å². The molecule has 0 bridgehead atoms. The molecular formula is C22H19F2O3P. The van der Waals surface area contributed by atoms with E-state index in [1.807, 2.05) is 62.4 Å².